The Morgan fingerprint density at radius 2 is 2.33 bits per heavy atom. The molecule has 0 amide bonds. The first-order valence-corrected chi connectivity index (χ1v) is 4.52. The maximum Gasteiger partial charge on any atom is 0.0525 e. The molecule has 3 heteroatoms. The number of hydrogen-bond donors (Lipinski definition) is 1. The highest BCUT2D eigenvalue weighted by Crippen LogP contribution is 2.19. The Labute approximate surface area is 72.8 Å². The third-order valence-electron chi connectivity index (χ3n) is 2.40. The SMILES string of the molecule is CC(C)n1cc(C2CNC2)cn1. The minimum atomic E-state index is 0.479. The minimum Gasteiger partial charge on any atom is -0.315 e. The molecule has 1 aliphatic rings. The highest BCUT2D eigenvalue weighted by Gasteiger charge is 2.20. The fraction of sp³-hybridized carbons (Fsp3) is 0.667. The Bertz CT molecular complexity index is 260. The predicted molar refractivity (Wildman–Crippen MR) is 48.2 cm³/mol. The van der Waals surface area contributed by atoms with Gasteiger partial charge in [-0.15, -0.1) is 0 Å². The van der Waals surface area contributed by atoms with Gasteiger partial charge in [-0.05, 0) is 19.4 Å². The average molecular weight is 165 g/mol. The van der Waals surface area contributed by atoms with Crippen LogP contribution >= 0.6 is 0 Å². The van der Waals surface area contributed by atoms with E-state index in [1.807, 2.05) is 10.9 Å². The Kier molecular flexibility index (Phi) is 1.89. The molecule has 1 saturated heterocycles. The number of nitrogens with zero attached hydrogens (tertiary/aromatic N) is 2. The number of hydrogen-bond acceptors (Lipinski definition) is 2. The van der Waals surface area contributed by atoms with E-state index in [-0.39, 0.29) is 0 Å². The van der Waals surface area contributed by atoms with Crippen LogP contribution in [0, 0.1) is 0 Å². The lowest BCUT2D eigenvalue weighted by molar-refractivity contribution is 0.447. The van der Waals surface area contributed by atoms with Crippen LogP contribution < -0.4 is 5.32 Å². The first kappa shape index (κ1) is 7.80. The Morgan fingerprint density at radius 1 is 1.58 bits per heavy atom. The smallest absolute Gasteiger partial charge is 0.0525 e. The van der Waals surface area contributed by atoms with E-state index in [1.54, 1.807) is 0 Å². The van der Waals surface area contributed by atoms with Crippen LogP contribution in [0.2, 0.25) is 0 Å². The van der Waals surface area contributed by atoms with E-state index in [9.17, 15) is 0 Å². The average Bonchev–Trinajstić information content (AvgIpc) is 2.32. The number of rotatable bonds is 2. The topological polar surface area (TPSA) is 29.9 Å². The Hall–Kier alpha value is -0.830. The highest BCUT2D eigenvalue weighted by molar-refractivity contribution is 5.15. The van der Waals surface area contributed by atoms with Gasteiger partial charge in [0.25, 0.3) is 0 Å². The van der Waals surface area contributed by atoms with Crippen molar-refractivity contribution in [3.05, 3.63) is 18.0 Å². The number of nitrogens with one attached hydrogen (secondary N) is 1. The fourth-order valence-electron chi connectivity index (χ4n) is 1.37. The van der Waals surface area contributed by atoms with Crippen molar-refractivity contribution >= 4 is 0 Å². The van der Waals surface area contributed by atoms with Crippen LogP contribution in [-0.4, -0.2) is 22.9 Å². The molecular formula is C9H15N3. The molecule has 2 heterocycles. The lowest BCUT2D eigenvalue weighted by atomic mass is 9.97. The quantitative estimate of drug-likeness (QED) is 0.712. The molecule has 0 unspecified atom stereocenters. The molecule has 1 aromatic rings. The van der Waals surface area contributed by atoms with Gasteiger partial charge in [0.15, 0.2) is 0 Å². The van der Waals surface area contributed by atoms with Crippen molar-refractivity contribution in [2.75, 3.05) is 13.1 Å². The monoisotopic (exact) mass is 165 g/mol. The minimum absolute atomic E-state index is 0.479. The molecule has 2 rings (SSSR count). The Balaban J connectivity index is 2.12. The lowest BCUT2D eigenvalue weighted by Crippen LogP contribution is -2.39. The second-order valence-electron chi connectivity index (χ2n) is 3.70. The molecular weight excluding hydrogens is 150 g/mol. The summed E-state index contributed by atoms with van der Waals surface area (Å²) in [6, 6.07) is 0.479. The first-order valence-electron chi connectivity index (χ1n) is 4.52. The van der Waals surface area contributed by atoms with Crippen LogP contribution in [0.4, 0.5) is 0 Å². The zero-order valence-corrected chi connectivity index (χ0v) is 7.62. The van der Waals surface area contributed by atoms with Crippen LogP contribution in [0.5, 0.6) is 0 Å². The molecule has 1 N–H and O–H groups in total. The van der Waals surface area contributed by atoms with Gasteiger partial charge in [0.05, 0.1) is 6.20 Å². The fourth-order valence-corrected chi connectivity index (χ4v) is 1.37. The Morgan fingerprint density at radius 3 is 2.75 bits per heavy atom. The molecule has 0 spiro atoms. The molecule has 3 nitrogen and oxygen atoms in total. The predicted octanol–water partition coefficient (Wildman–Crippen LogP) is 1.15. The molecule has 66 valence electrons. The van der Waals surface area contributed by atoms with Gasteiger partial charge in [0.1, 0.15) is 0 Å². The van der Waals surface area contributed by atoms with Crippen LogP contribution in [-0.2, 0) is 0 Å². The third kappa shape index (κ3) is 1.25. The van der Waals surface area contributed by atoms with Crippen LogP contribution in [0.15, 0.2) is 12.4 Å². The van der Waals surface area contributed by atoms with Crippen molar-refractivity contribution in [3.63, 3.8) is 0 Å². The van der Waals surface area contributed by atoms with Gasteiger partial charge in [-0.3, -0.25) is 4.68 Å². The van der Waals surface area contributed by atoms with E-state index in [1.165, 1.54) is 5.56 Å². The molecule has 0 radical (unpaired) electrons. The standard InChI is InChI=1S/C9H15N3/c1-7(2)12-6-9(5-11-12)8-3-10-4-8/h5-8,10H,3-4H2,1-2H3. The van der Waals surface area contributed by atoms with Gasteiger partial charge < -0.3 is 5.32 Å². The van der Waals surface area contributed by atoms with Crippen LogP contribution in [0.25, 0.3) is 0 Å². The normalized spacial score (nSPS) is 18.2. The van der Waals surface area contributed by atoms with Crippen molar-refractivity contribution in [1.29, 1.82) is 0 Å². The van der Waals surface area contributed by atoms with Crippen molar-refractivity contribution in [2.45, 2.75) is 25.8 Å². The lowest BCUT2D eigenvalue weighted by Gasteiger charge is -2.25. The van der Waals surface area contributed by atoms with Gasteiger partial charge in [-0.2, -0.15) is 5.10 Å². The zero-order chi connectivity index (χ0) is 8.55. The second kappa shape index (κ2) is 2.90. The molecule has 1 aliphatic heterocycles. The zero-order valence-electron chi connectivity index (χ0n) is 7.62. The van der Waals surface area contributed by atoms with E-state index in [2.05, 4.69) is 30.5 Å². The molecule has 0 atom stereocenters. The van der Waals surface area contributed by atoms with E-state index >= 15 is 0 Å². The molecule has 1 aromatic heterocycles. The van der Waals surface area contributed by atoms with Gasteiger partial charge in [-0.25, -0.2) is 0 Å². The first-order chi connectivity index (χ1) is 5.77. The summed E-state index contributed by atoms with van der Waals surface area (Å²) >= 11 is 0. The second-order valence-corrected chi connectivity index (χ2v) is 3.70. The molecule has 12 heavy (non-hydrogen) atoms. The molecule has 1 fully saturated rings. The van der Waals surface area contributed by atoms with E-state index in [0.29, 0.717) is 12.0 Å². The van der Waals surface area contributed by atoms with Gasteiger partial charge >= 0.3 is 0 Å². The maximum absolute atomic E-state index is 4.31. The van der Waals surface area contributed by atoms with Crippen LogP contribution in [0.3, 0.4) is 0 Å². The highest BCUT2D eigenvalue weighted by atomic mass is 15.3. The van der Waals surface area contributed by atoms with E-state index in [4.69, 9.17) is 0 Å². The summed E-state index contributed by atoms with van der Waals surface area (Å²) in [6.45, 7) is 6.53. The van der Waals surface area contributed by atoms with E-state index in [0.717, 1.165) is 13.1 Å². The van der Waals surface area contributed by atoms with Gasteiger partial charge in [0.2, 0.25) is 0 Å². The van der Waals surface area contributed by atoms with Gasteiger partial charge in [-0.1, -0.05) is 0 Å². The molecule has 0 aromatic carbocycles. The summed E-state index contributed by atoms with van der Waals surface area (Å²) in [6.07, 6.45) is 4.15. The number of aromatic nitrogens is 2. The maximum atomic E-state index is 4.31. The summed E-state index contributed by atoms with van der Waals surface area (Å²) in [5, 5.41) is 7.57. The van der Waals surface area contributed by atoms with E-state index < -0.39 is 0 Å². The van der Waals surface area contributed by atoms with Crippen molar-refractivity contribution < 1.29 is 0 Å². The molecule has 0 aliphatic carbocycles. The molecule has 0 saturated carbocycles. The van der Waals surface area contributed by atoms with Crippen molar-refractivity contribution in [2.24, 2.45) is 0 Å². The summed E-state index contributed by atoms with van der Waals surface area (Å²) in [4.78, 5) is 0. The van der Waals surface area contributed by atoms with Crippen LogP contribution in [0.1, 0.15) is 31.4 Å². The summed E-state index contributed by atoms with van der Waals surface area (Å²) in [5.74, 6) is 0.706. The molecule has 0 bridgehead atoms. The summed E-state index contributed by atoms with van der Waals surface area (Å²) in [7, 11) is 0. The van der Waals surface area contributed by atoms with Crippen molar-refractivity contribution in [1.82, 2.24) is 15.1 Å². The summed E-state index contributed by atoms with van der Waals surface area (Å²) < 4.78 is 2.02. The van der Waals surface area contributed by atoms with Gasteiger partial charge in [0, 0.05) is 31.2 Å². The van der Waals surface area contributed by atoms with Crippen molar-refractivity contribution in [3.8, 4) is 0 Å². The third-order valence-corrected chi connectivity index (χ3v) is 2.40. The largest absolute Gasteiger partial charge is 0.315 e. The summed E-state index contributed by atoms with van der Waals surface area (Å²) in [5.41, 5.74) is 1.38.